The van der Waals surface area contributed by atoms with Gasteiger partial charge in [-0.15, -0.1) is 0 Å². The molecular formula is C17H19NO3S. The van der Waals surface area contributed by atoms with Gasteiger partial charge in [-0.25, -0.2) is 13.2 Å². The molecule has 0 atom stereocenters. The number of rotatable bonds is 3. The summed E-state index contributed by atoms with van der Waals surface area (Å²) in [7, 11) is -3.66. The molecule has 0 saturated carbocycles. The lowest BCUT2D eigenvalue weighted by atomic mass is 10.1. The summed E-state index contributed by atoms with van der Waals surface area (Å²) in [5.41, 5.74) is -0.250. The first-order valence-corrected chi connectivity index (χ1v) is 8.42. The monoisotopic (exact) mass is 317 g/mol. The molecule has 0 aromatic heterocycles. The summed E-state index contributed by atoms with van der Waals surface area (Å²) in [6.45, 7) is 5.31. The smallest absolute Gasteiger partial charge is 0.207 e. The number of hydrogen-bond acceptors (Lipinski definition) is 3. The van der Waals surface area contributed by atoms with Crippen LogP contribution in [0.4, 0.5) is 0 Å². The first kappa shape index (κ1) is 16.2. The minimum absolute atomic E-state index is 0.131. The van der Waals surface area contributed by atoms with Crippen molar-refractivity contribution < 1.29 is 13.2 Å². The Morgan fingerprint density at radius 3 is 2.09 bits per heavy atom. The standard InChI is InChI=1S/C17H19NO3S/c1-17(2,3)18(19)13-14-9-7-8-12-16(14)22(20,21)15-10-5-4-6-11-15/h4-13H,1-3H3/b18-13-. The zero-order chi connectivity index (χ0) is 16.4. The van der Waals surface area contributed by atoms with Crippen molar-refractivity contribution in [1.29, 1.82) is 0 Å². The minimum atomic E-state index is -3.66. The highest BCUT2D eigenvalue weighted by atomic mass is 32.2. The zero-order valence-corrected chi connectivity index (χ0v) is 13.7. The highest BCUT2D eigenvalue weighted by Gasteiger charge is 2.23. The summed E-state index contributed by atoms with van der Waals surface area (Å²) in [6.07, 6.45) is 1.33. The Balaban J connectivity index is 2.60. The second-order valence-corrected chi connectivity index (χ2v) is 7.90. The Morgan fingerprint density at radius 2 is 1.50 bits per heavy atom. The van der Waals surface area contributed by atoms with Crippen molar-refractivity contribution >= 4 is 16.1 Å². The Hall–Kier alpha value is -2.14. The van der Waals surface area contributed by atoms with Crippen molar-refractivity contribution in [1.82, 2.24) is 0 Å². The van der Waals surface area contributed by atoms with E-state index >= 15 is 0 Å². The molecule has 116 valence electrons. The quantitative estimate of drug-likeness (QED) is 0.378. The van der Waals surface area contributed by atoms with Crippen LogP contribution in [0.5, 0.6) is 0 Å². The summed E-state index contributed by atoms with van der Waals surface area (Å²) >= 11 is 0. The summed E-state index contributed by atoms with van der Waals surface area (Å²) in [5.74, 6) is 0. The number of hydroxylamine groups is 1. The van der Waals surface area contributed by atoms with Crippen molar-refractivity contribution in [3.05, 3.63) is 65.4 Å². The number of benzene rings is 2. The van der Waals surface area contributed by atoms with Gasteiger partial charge in [-0.3, -0.25) is 0 Å². The molecule has 5 heteroatoms. The second-order valence-electron chi connectivity index (χ2n) is 5.98. The van der Waals surface area contributed by atoms with Crippen molar-refractivity contribution in [2.24, 2.45) is 0 Å². The summed E-state index contributed by atoms with van der Waals surface area (Å²) in [6, 6.07) is 14.7. The molecule has 0 radical (unpaired) electrons. The molecule has 0 N–H and O–H groups in total. The van der Waals surface area contributed by atoms with Gasteiger partial charge in [0.2, 0.25) is 9.84 Å². The van der Waals surface area contributed by atoms with E-state index in [0.29, 0.717) is 5.56 Å². The maximum atomic E-state index is 12.7. The molecule has 0 unspecified atom stereocenters. The van der Waals surface area contributed by atoms with Gasteiger partial charge in [0.1, 0.15) is 0 Å². The first-order chi connectivity index (χ1) is 10.2. The van der Waals surface area contributed by atoms with Gasteiger partial charge in [0, 0.05) is 20.8 Å². The highest BCUT2D eigenvalue weighted by molar-refractivity contribution is 7.91. The van der Waals surface area contributed by atoms with Gasteiger partial charge in [-0.2, -0.15) is 0 Å². The summed E-state index contributed by atoms with van der Waals surface area (Å²) in [5, 5.41) is 12.1. The topological polar surface area (TPSA) is 60.2 Å². The molecule has 0 fully saturated rings. The van der Waals surface area contributed by atoms with E-state index in [0.717, 1.165) is 4.74 Å². The fourth-order valence-electron chi connectivity index (χ4n) is 1.88. The van der Waals surface area contributed by atoms with Crippen LogP contribution in [0.3, 0.4) is 0 Å². The molecular weight excluding hydrogens is 298 g/mol. The molecule has 2 aromatic carbocycles. The lowest BCUT2D eigenvalue weighted by Gasteiger charge is -2.19. The maximum Gasteiger partial charge on any atom is 0.207 e. The van der Waals surface area contributed by atoms with Crippen LogP contribution in [-0.4, -0.2) is 24.9 Å². The summed E-state index contributed by atoms with van der Waals surface area (Å²) < 4.78 is 26.3. The molecule has 0 aliphatic rings. The van der Waals surface area contributed by atoms with Crippen LogP contribution in [0.25, 0.3) is 0 Å². The van der Waals surface area contributed by atoms with Gasteiger partial charge in [0.15, 0.2) is 11.8 Å². The van der Waals surface area contributed by atoms with E-state index in [2.05, 4.69) is 0 Å². The van der Waals surface area contributed by atoms with E-state index in [1.165, 1.54) is 12.3 Å². The highest BCUT2D eigenvalue weighted by Crippen LogP contribution is 2.23. The van der Waals surface area contributed by atoms with Crippen LogP contribution in [0.1, 0.15) is 26.3 Å². The number of nitrogens with zero attached hydrogens (tertiary/aromatic N) is 1. The van der Waals surface area contributed by atoms with Gasteiger partial charge >= 0.3 is 0 Å². The van der Waals surface area contributed by atoms with Crippen LogP contribution in [0.15, 0.2) is 64.4 Å². The molecule has 0 bridgehead atoms. The molecule has 0 aliphatic carbocycles. The van der Waals surface area contributed by atoms with Gasteiger partial charge in [0.25, 0.3) is 0 Å². The molecule has 0 amide bonds. The van der Waals surface area contributed by atoms with E-state index in [4.69, 9.17) is 0 Å². The van der Waals surface area contributed by atoms with Crippen LogP contribution in [0, 0.1) is 5.21 Å². The minimum Gasteiger partial charge on any atom is -0.623 e. The van der Waals surface area contributed by atoms with E-state index in [1.54, 1.807) is 69.3 Å². The third-order valence-electron chi connectivity index (χ3n) is 3.18. The van der Waals surface area contributed by atoms with Crippen LogP contribution >= 0.6 is 0 Å². The van der Waals surface area contributed by atoms with E-state index in [-0.39, 0.29) is 9.79 Å². The van der Waals surface area contributed by atoms with Crippen LogP contribution in [-0.2, 0) is 9.84 Å². The van der Waals surface area contributed by atoms with Crippen molar-refractivity contribution in [3.63, 3.8) is 0 Å². The summed E-state index contributed by atoms with van der Waals surface area (Å²) in [4.78, 5) is 0.343. The molecule has 0 saturated heterocycles. The van der Waals surface area contributed by atoms with Crippen molar-refractivity contribution in [2.45, 2.75) is 36.1 Å². The average Bonchev–Trinajstić information content (AvgIpc) is 2.47. The number of hydrogen-bond donors (Lipinski definition) is 0. The Morgan fingerprint density at radius 1 is 0.955 bits per heavy atom. The van der Waals surface area contributed by atoms with E-state index < -0.39 is 15.4 Å². The lowest BCUT2D eigenvalue weighted by molar-refractivity contribution is -0.530. The molecule has 22 heavy (non-hydrogen) atoms. The van der Waals surface area contributed by atoms with Gasteiger partial charge < -0.3 is 5.21 Å². The van der Waals surface area contributed by atoms with Crippen LogP contribution < -0.4 is 0 Å². The van der Waals surface area contributed by atoms with Crippen molar-refractivity contribution in [3.8, 4) is 0 Å². The largest absolute Gasteiger partial charge is 0.623 e. The molecule has 0 aliphatic heterocycles. The first-order valence-electron chi connectivity index (χ1n) is 6.93. The average molecular weight is 317 g/mol. The Labute approximate surface area is 131 Å². The third kappa shape index (κ3) is 3.36. The predicted octanol–water partition coefficient (Wildman–Crippen LogP) is 3.25. The fourth-order valence-corrected chi connectivity index (χ4v) is 3.34. The van der Waals surface area contributed by atoms with Crippen molar-refractivity contribution in [2.75, 3.05) is 0 Å². The molecule has 2 aromatic rings. The molecule has 0 spiro atoms. The molecule has 2 rings (SSSR count). The van der Waals surface area contributed by atoms with E-state index in [9.17, 15) is 13.6 Å². The second kappa shape index (κ2) is 5.93. The molecule has 4 nitrogen and oxygen atoms in total. The normalized spacial score (nSPS) is 13.1. The lowest BCUT2D eigenvalue weighted by Crippen LogP contribution is -2.29. The predicted molar refractivity (Wildman–Crippen MR) is 86.9 cm³/mol. The Kier molecular flexibility index (Phi) is 4.37. The van der Waals surface area contributed by atoms with E-state index in [1.807, 2.05) is 0 Å². The molecule has 0 heterocycles. The SMILES string of the molecule is CC(C)(C)/[N+]([O-])=C/c1ccccc1S(=O)(=O)c1ccccc1. The van der Waals surface area contributed by atoms with Crippen LogP contribution in [0.2, 0.25) is 0 Å². The maximum absolute atomic E-state index is 12.7. The fraction of sp³-hybridized carbons (Fsp3) is 0.235. The number of sulfone groups is 1. The van der Waals surface area contributed by atoms with Gasteiger partial charge in [0.05, 0.1) is 15.4 Å². The zero-order valence-electron chi connectivity index (χ0n) is 12.9. The van der Waals surface area contributed by atoms with Gasteiger partial charge in [-0.05, 0) is 24.3 Å². The Bertz CT molecular complexity index is 788. The third-order valence-corrected chi connectivity index (χ3v) is 5.02. The van der Waals surface area contributed by atoms with Gasteiger partial charge in [-0.1, -0.05) is 30.3 Å².